The molecule has 0 bridgehead atoms. The molecule has 0 saturated heterocycles. The van der Waals surface area contributed by atoms with Gasteiger partial charge in [-0.2, -0.15) is 10.2 Å². The smallest absolute Gasteiger partial charge is 0.243 e. The van der Waals surface area contributed by atoms with Gasteiger partial charge >= 0.3 is 0 Å². The summed E-state index contributed by atoms with van der Waals surface area (Å²) >= 11 is 0. The second kappa shape index (κ2) is 10.1. The van der Waals surface area contributed by atoms with Gasteiger partial charge in [0.1, 0.15) is 18.4 Å². The van der Waals surface area contributed by atoms with Crippen molar-refractivity contribution in [1.82, 2.24) is 15.3 Å². The minimum Gasteiger partial charge on any atom is -0.358 e. The lowest BCUT2D eigenvalue weighted by Gasteiger charge is -2.21. The molecule has 1 heterocycles. The van der Waals surface area contributed by atoms with Gasteiger partial charge in [0.25, 0.3) is 0 Å². The molecule has 0 unspecified atom stereocenters. The summed E-state index contributed by atoms with van der Waals surface area (Å²) in [5.74, 6) is 1.27. The van der Waals surface area contributed by atoms with E-state index in [-0.39, 0.29) is 12.5 Å². The third kappa shape index (κ3) is 6.59. The van der Waals surface area contributed by atoms with Gasteiger partial charge in [0.2, 0.25) is 11.9 Å². The summed E-state index contributed by atoms with van der Waals surface area (Å²) in [5, 5.41) is 14.5. The summed E-state index contributed by atoms with van der Waals surface area (Å²) in [7, 11) is 1.93. The molecule has 142 valence electrons. The topological polar surface area (TPSA) is 93.9 Å². The number of amides is 1. The zero-order chi connectivity index (χ0) is 19.6. The van der Waals surface area contributed by atoms with Gasteiger partial charge in [-0.25, -0.2) is 4.98 Å². The summed E-state index contributed by atoms with van der Waals surface area (Å²) in [6.07, 6.45) is 2.31. The molecule has 0 spiro atoms. The molecule has 7 nitrogen and oxygen atoms in total. The fourth-order valence-corrected chi connectivity index (χ4v) is 2.67. The van der Waals surface area contributed by atoms with E-state index in [9.17, 15) is 4.79 Å². The molecule has 0 fully saturated rings. The standard InChI is InChI=1S/C20H26N6O/c1-15(2)13-17(19(27)22-12-10-21)24-18-9-11-23-20(25-18)26(3)14-16-7-5-4-6-8-16/h4-9,11,15,17H,12-14H2,1-3H3,(H,22,27)(H,23,24,25)/t17-/m0/s1. The Morgan fingerprint density at radius 1 is 1.26 bits per heavy atom. The Kier molecular flexibility index (Phi) is 7.56. The van der Waals surface area contributed by atoms with Gasteiger partial charge in [0.05, 0.1) is 6.07 Å². The fraction of sp³-hybridized carbons (Fsp3) is 0.400. The number of hydrogen-bond acceptors (Lipinski definition) is 6. The number of benzene rings is 1. The van der Waals surface area contributed by atoms with Gasteiger partial charge in [-0.15, -0.1) is 0 Å². The van der Waals surface area contributed by atoms with Crippen LogP contribution in [0.15, 0.2) is 42.6 Å². The number of aromatic nitrogens is 2. The highest BCUT2D eigenvalue weighted by atomic mass is 16.2. The minimum absolute atomic E-state index is 0.00997. The van der Waals surface area contributed by atoms with E-state index < -0.39 is 6.04 Å². The van der Waals surface area contributed by atoms with Crippen molar-refractivity contribution in [1.29, 1.82) is 5.26 Å². The van der Waals surface area contributed by atoms with Crippen molar-refractivity contribution in [3.05, 3.63) is 48.2 Å². The van der Waals surface area contributed by atoms with E-state index in [0.717, 1.165) is 5.56 Å². The van der Waals surface area contributed by atoms with Gasteiger partial charge in [0, 0.05) is 19.8 Å². The Hall–Kier alpha value is -3.14. The van der Waals surface area contributed by atoms with Crippen molar-refractivity contribution in [3.63, 3.8) is 0 Å². The van der Waals surface area contributed by atoms with Gasteiger partial charge in [-0.1, -0.05) is 44.2 Å². The summed E-state index contributed by atoms with van der Waals surface area (Å²) < 4.78 is 0. The van der Waals surface area contributed by atoms with Crippen molar-refractivity contribution < 1.29 is 4.79 Å². The molecular weight excluding hydrogens is 340 g/mol. The van der Waals surface area contributed by atoms with Crippen LogP contribution in [-0.2, 0) is 11.3 Å². The zero-order valence-electron chi connectivity index (χ0n) is 16.0. The molecular formula is C20H26N6O. The number of carbonyl (C=O) groups excluding carboxylic acids is 1. The Morgan fingerprint density at radius 3 is 2.67 bits per heavy atom. The zero-order valence-corrected chi connectivity index (χ0v) is 16.0. The molecule has 2 aromatic rings. The Balaban J connectivity index is 2.09. The molecule has 27 heavy (non-hydrogen) atoms. The molecule has 0 aliphatic carbocycles. The van der Waals surface area contributed by atoms with E-state index in [4.69, 9.17) is 5.26 Å². The van der Waals surface area contributed by atoms with Gasteiger partial charge in [-0.3, -0.25) is 4.79 Å². The lowest BCUT2D eigenvalue weighted by Crippen LogP contribution is -2.41. The highest BCUT2D eigenvalue weighted by molar-refractivity contribution is 5.84. The van der Waals surface area contributed by atoms with E-state index in [2.05, 4.69) is 32.7 Å². The van der Waals surface area contributed by atoms with Crippen molar-refractivity contribution in [2.24, 2.45) is 5.92 Å². The molecule has 0 radical (unpaired) electrons. The van der Waals surface area contributed by atoms with Gasteiger partial charge < -0.3 is 15.5 Å². The first-order chi connectivity index (χ1) is 13.0. The molecule has 1 amide bonds. The van der Waals surface area contributed by atoms with Crippen LogP contribution in [-0.4, -0.2) is 35.5 Å². The molecule has 1 aromatic heterocycles. The number of nitrogens with zero attached hydrogens (tertiary/aromatic N) is 4. The van der Waals surface area contributed by atoms with Crippen LogP contribution in [0.25, 0.3) is 0 Å². The summed E-state index contributed by atoms with van der Waals surface area (Å²) in [6.45, 7) is 4.77. The molecule has 0 aliphatic rings. The number of hydrogen-bond donors (Lipinski definition) is 2. The number of nitrogens with one attached hydrogen (secondary N) is 2. The van der Waals surface area contributed by atoms with E-state index in [1.54, 1.807) is 12.3 Å². The second-order valence-electron chi connectivity index (χ2n) is 6.79. The number of anilines is 2. The Morgan fingerprint density at radius 2 is 2.00 bits per heavy atom. The molecule has 7 heteroatoms. The lowest BCUT2D eigenvalue weighted by molar-refractivity contribution is -0.121. The molecule has 0 saturated carbocycles. The lowest BCUT2D eigenvalue weighted by atomic mass is 10.0. The van der Waals surface area contributed by atoms with Gasteiger partial charge in [-0.05, 0) is 24.0 Å². The molecule has 0 aliphatic heterocycles. The number of carbonyl (C=O) groups is 1. The fourth-order valence-electron chi connectivity index (χ4n) is 2.67. The van der Waals surface area contributed by atoms with Crippen molar-refractivity contribution in [2.45, 2.75) is 32.9 Å². The van der Waals surface area contributed by atoms with E-state index >= 15 is 0 Å². The average Bonchev–Trinajstić information content (AvgIpc) is 2.66. The van der Waals surface area contributed by atoms with Crippen molar-refractivity contribution in [3.8, 4) is 6.07 Å². The second-order valence-corrected chi connectivity index (χ2v) is 6.79. The van der Waals surface area contributed by atoms with Crippen LogP contribution in [0.4, 0.5) is 11.8 Å². The van der Waals surface area contributed by atoms with Crippen molar-refractivity contribution >= 4 is 17.7 Å². The van der Waals surface area contributed by atoms with E-state index in [0.29, 0.717) is 30.6 Å². The van der Waals surface area contributed by atoms with Crippen LogP contribution < -0.4 is 15.5 Å². The van der Waals surface area contributed by atoms with Crippen LogP contribution in [0.2, 0.25) is 0 Å². The number of rotatable bonds is 9. The molecule has 2 N–H and O–H groups in total. The molecule has 1 atom stereocenters. The SMILES string of the molecule is CC(C)C[C@H](Nc1ccnc(N(C)Cc2ccccc2)n1)C(=O)NCC#N. The van der Waals surface area contributed by atoms with Crippen LogP contribution in [0.1, 0.15) is 25.8 Å². The first kappa shape index (κ1) is 20.2. The first-order valence-corrected chi connectivity index (χ1v) is 8.99. The van der Waals surface area contributed by atoms with Gasteiger partial charge in [0.15, 0.2) is 0 Å². The van der Waals surface area contributed by atoms with E-state index in [1.807, 2.05) is 50.1 Å². The first-order valence-electron chi connectivity index (χ1n) is 8.99. The maximum atomic E-state index is 12.3. The summed E-state index contributed by atoms with van der Waals surface area (Å²) in [6, 6.07) is 13.3. The highest BCUT2D eigenvalue weighted by Crippen LogP contribution is 2.15. The van der Waals surface area contributed by atoms with Crippen LogP contribution in [0.3, 0.4) is 0 Å². The van der Waals surface area contributed by atoms with Crippen molar-refractivity contribution in [2.75, 3.05) is 23.8 Å². The maximum Gasteiger partial charge on any atom is 0.243 e. The third-order valence-electron chi connectivity index (χ3n) is 3.93. The normalized spacial score (nSPS) is 11.5. The average molecular weight is 366 g/mol. The molecule has 1 aromatic carbocycles. The Bertz CT molecular complexity index is 772. The quantitative estimate of drug-likeness (QED) is 0.663. The van der Waals surface area contributed by atoms with E-state index in [1.165, 1.54) is 0 Å². The van der Waals surface area contributed by atoms with Crippen LogP contribution >= 0.6 is 0 Å². The predicted octanol–water partition coefficient (Wildman–Crippen LogP) is 2.58. The highest BCUT2D eigenvalue weighted by Gasteiger charge is 2.20. The largest absolute Gasteiger partial charge is 0.358 e. The van der Waals surface area contributed by atoms with Crippen LogP contribution in [0.5, 0.6) is 0 Å². The summed E-state index contributed by atoms with van der Waals surface area (Å²) in [4.78, 5) is 23.1. The number of nitriles is 1. The van der Waals surface area contributed by atoms with Crippen LogP contribution in [0, 0.1) is 17.2 Å². The monoisotopic (exact) mass is 366 g/mol. The Labute approximate surface area is 160 Å². The predicted molar refractivity (Wildman–Crippen MR) is 106 cm³/mol. The maximum absolute atomic E-state index is 12.3. The minimum atomic E-state index is -0.458. The summed E-state index contributed by atoms with van der Waals surface area (Å²) in [5.41, 5.74) is 1.16. The molecule has 2 rings (SSSR count). The third-order valence-corrected chi connectivity index (χ3v) is 3.93.